The van der Waals surface area contributed by atoms with E-state index in [1.807, 2.05) is 0 Å². The predicted octanol–water partition coefficient (Wildman–Crippen LogP) is 5.39. The lowest BCUT2D eigenvalue weighted by atomic mass is 9.68. The van der Waals surface area contributed by atoms with Crippen LogP contribution in [0.25, 0.3) is 21.5 Å². The summed E-state index contributed by atoms with van der Waals surface area (Å²) in [5.74, 6) is 1.18. The molecule has 1 heterocycles. The normalized spacial score (nSPS) is 26.8. The zero-order valence-electron chi connectivity index (χ0n) is 16.9. The number of nitrogens with zero attached hydrogens (tertiary/aromatic N) is 2. The van der Waals surface area contributed by atoms with E-state index in [9.17, 15) is 0 Å². The molecule has 3 aliphatic carbocycles. The van der Waals surface area contributed by atoms with Crippen molar-refractivity contribution in [3.8, 4) is 0 Å². The van der Waals surface area contributed by atoms with E-state index in [1.165, 1.54) is 52.8 Å². The van der Waals surface area contributed by atoms with Crippen LogP contribution in [-0.2, 0) is 0 Å². The molecule has 2 nitrogen and oxygen atoms in total. The number of hydrogen-bond donors (Lipinski definition) is 0. The van der Waals surface area contributed by atoms with Crippen LogP contribution >= 0.6 is 0 Å². The van der Waals surface area contributed by atoms with Crippen molar-refractivity contribution >= 4 is 21.5 Å². The zero-order valence-corrected chi connectivity index (χ0v) is 16.9. The van der Waals surface area contributed by atoms with E-state index >= 15 is 0 Å². The molecular formula is C28H23N2. The maximum Gasteiger partial charge on any atom is 0.0996 e. The van der Waals surface area contributed by atoms with Gasteiger partial charge in [-0.1, -0.05) is 54.5 Å². The summed E-state index contributed by atoms with van der Waals surface area (Å²) >= 11 is 0. The van der Waals surface area contributed by atoms with Gasteiger partial charge >= 0.3 is 0 Å². The third-order valence-electron chi connectivity index (χ3n) is 7.39. The molecule has 3 aromatic carbocycles. The molecule has 1 saturated carbocycles. The molecule has 0 saturated heterocycles. The average molecular weight is 388 g/mol. The topological polar surface area (TPSA) is 24.7 Å². The van der Waals surface area contributed by atoms with Gasteiger partial charge in [-0.3, -0.25) is 4.99 Å². The van der Waals surface area contributed by atoms with Crippen LogP contribution in [0.15, 0.2) is 93.6 Å². The summed E-state index contributed by atoms with van der Waals surface area (Å²) in [4.78, 5) is 10.5. The molecule has 3 unspecified atom stereocenters. The molecule has 145 valence electrons. The number of hydrogen-bond acceptors (Lipinski definition) is 2. The van der Waals surface area contributed by atoms with Crippen LogP contribution in [0.2, 0.25) is 0 Å². The maximum atomic E-state index is 5.28. The van der Waals surface area contributed by atoms with Crippen LogP contribution in [0.4, 0.5) is 0 Å². The lowest BCUT2D eigenvalue weighted by Gasteiger charge is -2.39. The number of fused-ring (bicyclic) bond motifs is 8. The SMILES string of the molecule is [CH]1CCCC2CC3C(=CC=C4N=c5c(ccc6cc7ccccc7cc56)=NC43)C=C12. The largest absolute Gasteiger partial charge is 0.273 e. The van der Waals surface area contributed by atoms with Gasteiger partial charge in [0, 0.05) is 11.3 Å². The van der Waals surface area contributed by atoms with E-state index in [0.29, 0.717) is 11.8 Å². The minimum atomic E-state index is 0.162. The van der Waals surface area contributed by atoms with Crippen molar-refractivity contribution < 1.29 is 0 Å². The van der Waals surface area contributed by atoms with Crippen molar-refractivity contribution in [3.63, 3.8) is 0 Å². The van der Waals surface area contributed by atoms with Gasteiger partial charge in [-0.05, 0) is 77.6 Å². The summed E-state index contributed by atoms with van der Waals surface area (Å²) < 4.78 is 0. The molecule has 1 aliphatic heterocycles. The molecule has 0 aromatic heterocycles. The summed E-state index contributed by atoms with van der Waals surface area (Å²) in [5.41, 5.74) is 4.14. The van der Waals surface area contributed by atoms with Crippen molar-refractivity contribution in [2.45, 2.75) is 31.7 Å². The van der Waals surface area contributed by atoms with E-state index in [4.69, 9.17) is 9.98 Å². The maximum absolute atomic E-state index is 5.28. The van der Waals surface area contributed by atoms with E-state index in [2.05, 4.69) is 73.2 Å². The Balaban J connectivity index is 1.42. The lowest BCUT2D eigenvalue weighted by Crippen LogP contribution is -2.39. The molecule has 1 fully saturated rings. The molecule has 0 bridgehead atoms. The molecule has 30 heavy (non-hydrogen) atoms. The van der Waals surface area contributed by atoms with Gasteiger partial charge in [0.05, 0.1) is 22.5 Å². The average Bonchev–Trinajstić information content (AvgIpc) is 2.80. The van der Waals surface area contributed by atoms with E-state index in [1.54, 1.807) is 5.57 Å². The Morgan fingerprint density at radius 1 is 0.867 bits per heavy atom. The molecule has 1 radical (unpaired) electrons. The van der Waals surface area contributed by atoms with Gasteiger partial charge in [-0.25, -0.2) is 4.99 Å². The van der Waals surface area contributed by atoms with Crippen molar-refractivity contribution in [1.29, 1.82) is 0 Å². The fourth-order valence-electron chi connectivity index (χ4n) is 5.85. The monoisotopic (exact) mass is 387 g/mol. The quantitative estimate of drug-likeness (QED) is 0.462. The highest BCUT2D eigenvalue weighted by Crippen LogP contribution is 2.45. The standard InChI is InChI=1S/C28H23N2/c1-3-7-19-15-23-21(13-17(19)5-1)9-11-25-27(23)29-26-12-10-22-14-18-6-2-4-8-20(18)16-24(22)28(26)30-25/h1,3,5-7,9-15,20,24,28H,2,4,8,16H2. The molecule has 4 aliphatic rings. The summed E-state index contributed by atoms with van der Waals surface area (Å²) in [6, 6.07) is 17.6. The molecule has 2 heteroatoms. The number of allylic oxidation sites excluding steroid dienone is 4. The highest BCUT2D eigenvalue weighted by molar-refractivity contribution is 5.97. The fourth-order valence-corrected chi connectivity index (χ4v) is 5.85. The highest BCUT2D eigenvalue weighted by Gasteiger charge is 2.37. The van der Waals surface area contributed by atoms with Crippen LogP contribution in [0, 0.1) is 18.3 Å². The van der Waals surface area contributed by atoms with Gasteiger partial charge in [-0.2, -0.15) is 0 Å². The van der Waals surface area contributed by atoms with Crippen molar-refractivity contribution in [1.82, 2.24) is 0 Å². The molecule has 0 amide bonds. The predicted molar refractivity (Wildman–Crippen MR) is 122 cm³/mol. The Hall–Kier alpha value is -3.00. The van der Waals surface area contributed by atoms with E-state index in [0.717, 1.165) is 16.4 Å². The third-order valence-corrected chi connectivity index (χ3v) is 7.39. The second-order valence-electron chi connectivity index (χ2n) is 9.12. The van der Waals surface area contributed by atoms with Crippen molar-refractivity contribution in [2.24, 2.45) is 21.8 Å². The first-order chi connectivity index (χ1) is 14.8. The minimum Gasteiger partial charge on any atom is -0.273 e. The fraction of sp³-hybridized carbons (Fsp3) is 0.250. The summed E-state index contributed by atoms with van der Waals surface area (Å²) in [6.07, 6.45) is 14.5. The molecule has 7 rings (SSSR count). The summed E-state index contributed by atoms with van der Waals surface area (Å²) in [7, 11) is 0. The Bertz CT molecular complexity index is 1440. The Kier molecular flexibility index (Phi) is 3.49. The molecule has 3 atom stereocenters. The summed E-state index contributed by atoms with van der Waals surface area (Å²) in [5, 5.41) is 7.06. The van der Waals surface area contributed by atoms with Crippen LogP contribution in [-0.4, -0.2) is 6.04 Å². The van der Waals surface area contributed by atoms with Gasteiger partial charge in [0.2, 0.25) is 0 Å². The smallest absolute Gasteiger partial charge is 0.0996 e. The number of rotatable bonds is 0. The Morgan fingerprint density at radius 3 is 2.70 bits per heavy atom. The molecule has 0 N–H and O–H groups in total. The molecular weight excluding hydrogens is 364 g/mol. The minimum absolute atomic E-state index is 0.162. The first kappa shape index (κ1) is 16.8. The molecule has 0 spiro atoms. The first-order valence-electron chi connectivity index (χ1n) is 11.2. The molecule has 3 aromatic rings. The summed E-state index contributed by atoms with van der Waals surface area (Å²) in [6.45, 7) is 0. The van der Waals surface area contributed by atoms with Crippen LogP contribution in [0.1, 0.15) is 25.7 Å². The van der Waals surface area contributed by atoms with E-state index in [-0.39, 0.29) is 6.04 Å². The van der Waals surface area contributed by atoms with Gasteiger partial charge in [0.15, 0.2) is 0 Å². The second kappa shape index (κ2) is 6.25. The lowest BCUT2D eigenvalue weighted by molar-refractivity contribution is 0.357. The van der Waals surface area contributed by atoms with Crippen LogP contribution in [0.3, 0.4) is 0 Å². The highest BCUT2D eigenvalue weighted by atomic mass is 14.9. The van der Waals surface area contributed by atoms with Gasteiger partial charge in [-0.15, -0.1) is 0 Å². The van der Waals surface area contributed by atoms with Crippen molar-refractivity contribution in [3.05, 3.63) is 101 Å². The van der Waals surface area contributed by atoms with Crippen molar-refractivity contribution in [2.75, 3.05) is 0 Å². The van der Waals surface area contributed by atoms with E-state index < -0.39 is 0 Å². The Labute approximate surface area is 176 Å². The van der Waals surface area contributed by atoms with Crippen LogP contribution in [0.5, 0.6) is 0 Å². The van der Waals surface area contributed by atoms with Gasteiger partial charge < -0.3 is 0 Å². The zero-order chi connectivity index (χ0) is 19.7. The Morgan fingerprint density at radius 2 is 1.77 bits per heavy atom. The third kappa shape index (κ3) is 2.43. The van der Waals surface area contributed by atoms with Gasteiger partial charge in [0.25, 0.3) is 0 Å². The first-order valence-corrected chi connectivity index (χ1v) is 11.2. The van der Waals surface area contributed by atoms with Gasteiger partial charge in [0.1, 0.15) is 0 Å². The number of benzene rings is 3. The second-order valence-corrected chi connectivity index (χ2v) is 9.12. The van der Waals surface area contributed by atoms with Crippen LogP contribution < -0.4 is 10.7 Å².